The van der Waals surface area contributed by atoms with Crippen LogP contribution in [0.15, 0.2) is 36.5 Å². The van der Waals surface area contributed by atoms with Gasteiger partial charge in [-0.05, 0) is 17.7 Å². The van der Waals surface area contributed by atoms with E-state index in [1.807, 2.05) is 0 Å². The van der Waals surface area contributed by atoms with Crippen LogP contribution in [-0.2, 0) is 5.88 Å². The van der Waals surface area contributed by atoms with E-state index in [2.05, 4.69) is 4.98 Å². The molecule has 0 bridgehead atoms. The van der Waals surface area contributed by atoms with Crippen LogP contribution in [0.25, 0.3) is 0 Å². The molecule has 2 rings (SSSR count). The molecule has 0 atom stereocenters. The zero-order valence-corrected chi connectivity index (χ0v) is 9.42. The highest BCUT2D eigenvalue weighted by atomic mass is 35.5. The maximum absolute atomic E-state index is 13.3. The standard InChI is InChI=1S/C12H8ClF2NO/c13-6-8-4-5-11(16-7-8)17-10-3-1-2-9(14)12(10)15/h1-5,7H,6H2. The summed E-state index contributed by atoms with van der Waals surface area (Å²) in [6, 6.07) is 6.96. The summed E-state index contributed by atoms with van der Waals surface area (Å²) in [6.07, 6.45) is 1.51. The maximum Gasteiger partial charge on any atom is 0.219 e. The summed E-state index contributed by atoms with van der Waals surface area (Å²) in [6.45, 7) is 0. The third kappa shape index (κ3) is 2.71. The van der Waals surface area contributed by atoms with E-state index < -0.39 is 11.6 Å². The number of pyridine rings is 1. The van der Waals surface area contributed by atoms with Gasteiger partial charge in [0.25, 0.3) is 0 Å². The van der Waals surface area contributed by atoms with Gasteiger partial charge in [0.15, 0.2) is 11.6 Å². The highest BCUT2D eigenvalue weighted by molar-refractivity contribution is 6.17. The zero-order valence-electron chi connectivity index (χ0n) is 8.66. The molecule has 0 spiro atoms. The second-order valence-corrected chi connectivity index (χ2v) is 3.56. The van der Waals surface area contributed by atoms with Crippen LogP contribution in [0.3, 0.4) is 0 Å². The van der Waals surface area contributed by atoms with E-state index in [1.54, 1.807) is 12.1 Å². The SMILES string of the molecule is Fc1cccc(Oc2ccc(CCl)cn2)c1F. The molecule has 1 heterocycles. The minimum atomic E-state index is -1.03. The first-order chi connectivity index (χ1) is 8.20. The quantitative estimate of drug-likeness (QED) is 0.776. The van der Waals surface area contributed by atoms with Crippen molar-refractivity contribution < 1.29 is 13.5 Å². The molecule has 2 aromatic rings. The molecule has 17 heavy (non-hydrogen) atoms. The Labute approximate surface area is 102 Å². The predicted octanol–water partition coefficient (Wildman–Crippen LogP) is 3.89. The second-order valence-electron chi connectivity index (χ2n) is 3.29. The largest absolute Gasteiger partial charge is 0.436 e. The fourth-order valence-corrected chi connectivity index (χ4v) is 1.38. The first-order valence-corrected chi connectivity index (χ1v) is 5.37. The van der Waals surface area contributed by atoms with Crippen LogP contribution in [0.2, 0.25) is 0 Å². The van der Waals surface area contributed by atoms with E-state index >= 15 is 0 Å². The van der Waals surface area contributed by atoms with Crippen LogP contribution < -0.4 is 4.74 Å². The Hall–Kier alpha value is -1.68. The molecule has 0 saturated carbocycles. The number of alkyl halides is 1. The molecule has 0 saturated heterocycles. The van der Waals surface area contributed by atoms with Gasteiger partial charge >= 0.3 is 0 Å². The summed E-state index contributed by atoms with van der Waals surface area (Å²) >= 11 is 5.60. The van der Waals surface area contributed by atoms with Gasteiger partial charge in [0, 0.05) is 18.1 Å². The lowest BCUT2D eigenvalue weighted by atomic mass is 10.3. The number of benzene rings is 1. The highest BCUT2D eigenvalue weighted by Gasteiger charge is 2.09. The van der Waals surface area contributed by atoms with Crippen molar-refractivity contribution in [3.05, 3.63) is 53.7 Å². The molecule has 88 valence electrons. The number of aromatic nitrogens is 1. The Morgan fingerprint density at radius 1 is 1.18 bits per heavy atom. The lowest BCUT2D eigenvalue weighted by Crippen LogP contribution is -1.93. The van der Waals surface area contributed by atoms with Crippen molar-refractivity contribution in [2.24, 2.45) is 0 Å². The summed E-state index contributed by atoms with van der Waals surface area (Å²) < 4.78 is 31.3. The van der Waals surface area contributed by atoms with Crippen molar-refractivity contribution in [1.82, 2.24) is 4.98 Å². The van der Waals surface area contributed by atoms with E-state index in [1.165, 1.54) is 18.3 Å². The van der Waals surface area contributed by atoms with E-state index in [0.29, 0.717) is 5.88 Å². The average molecular weight is 256 g/mol. The van der Waals surface area contributed by atoms with Gasteiger partial charge in [-0.1, -0.05) is 12.1 Å². The van der Waals surface area contributed by atoms with Crippen molar-refractivity contribution in [1.29, 1.82) is 0 Å². The lowest BCUT2D eigenvalue weighted by Gasteiger charge is -2.06. The van der Waals surface area contributed by atoms with Gasteiger partial charge in [0.2, 0.25) is 11.7 Å². The van der Waals surface area contributed by atoms with E-state index in [9.17, 15) is 8.78 Å². The summed E-state index contributed by atoms with van der Waals surface area (Å²) in [5, 5.41) is 0. The first kappa shape index (κ1) is 11.8. The molecule has 5 heteroatoms. The maximum atomic E-state index is 13.3. The molecule has 0 aliphatic rings. The molecule has 0 aliphatic carbocycles. The van der Waals surface area contributed by atoms with Crippen molar-refractivity contribution in [3.63, 3.8) is 0 Å². The van der Waals surface area contributed by atoms with Crippen LogP contribution >= 0.6 is 11.6 Å². The molecule has 0 fully saturated rings. The van der Waals surface area contributed by atoms with E-state index in [4.69, 9.17) is 16.3 Å². The topological polar surface area (TPSA) is 22.1 Å². The minimum absolute atomic E-state index is 0.184. The third-order valence-electron chi connectivity index (χ3n) is 2.08. The molecular formula is C12H8ClF2NO. The van der Waals surface area contributed by atoms with Gasteiger partial charge < -0.3 is 4.74 Å². The van der Waals surface area contributed by atoms with Crippen molar-refractivity contribution >= 4 is 11.6 Å². The molecular weight excluding hydrogens is 248 g/mol. The second kappa shape index (κ2) is 5.10. The Morgan fingerprint density at radius 3 is 2.65 bits per heavy atom. The first-order valence-electron chi connectivity index (χ1n) is 4.83. The van der Waals surface area contributed by atoms with Crippen molar-refractivity contribution in [3.8, 4) is 11.6 Å². The number of halogens is 3. The number of hydrogen-bond donors (Lipinski definition) is 0. The Morgan fingerprint density at radius 2 is 2.00 bits per heavy atom. The fraction of sp³-hybridized carbons (Fsp3) is 0.0833. The Balaban J connectivity index is 2.22. The number of rotatable bonds is 3. The summed E-state index contributed by atoms with van der Waals surface area (Å²) in [5.74, 6) is -1.67. The number of ether oxygens (including phenoxy) is 1. The zero-order chi connectivity index (χ0) is 12.3. The van der Waals surface area contributed by atoms with Gasteiger partial charge in [-0.15, -0.1) is 11.6 Å². The minimum Gasteiger partial charge on any atom is -0.436 e. The smallest absolute Gasteiger partial charge is 0.219 e. The molecule has 0 aliphatic heterocycles. The molecule has 0 amide bonds. The van der Waals surface area contributed by atoms with Crippen LogP contribution in [0, 0.1) is 11.6 Å². The molecule has 2 nitrogen and oxygen atoms in total. The number of hydrogen-bond acceptors (Lipinski definition) is 2. The monoisotopic (exact) mass is 255 g/mol. The Bertz CT molecular complexity index is 516. The molecule has 1 aromatic carbocycles. The molecule has 1 aromatic heterocycles. The predicted molar refractivity (Wildman–Crippen MR) is 60.2 cm³/mol. The van der Waals surface area contributed by atoms with Crippen molar-refractivity contribution in [2.45, 2.75) is 5.88 Å². The van der Waals surface area contributed by atoms with Gasteiger partial charge in [-0.2, -0.15) is 4.39 Å². The highest BCUT2D eigenvalue weighted by Crippen LogP contribution is 2.24. The van der Waals surface area contributed by atoms with Crippen LogP contribution in [0.5, 0.6) is 11.6 Å². The van der Waals surface area contributed by atoms with Crippen molar-refractivity contribution in [2.75, 3.05) is 0 Å². The lowest BCUT2D eigenvalue weighted by molar-refractivity contribution is 0.405. The van der Waals surface area contributed by atoms with E-state index in [0.717, 1.165) is 11.6 Å². The summed E-state index contributed by atoms with van der Waals surface area (Å²) in [5.41, 5.74) is 0.818. The third-order valence-corrected chi connectivity index (χ3v) is 2.39. The van der Waals surface area contributed by atoms with Gasteiger partial charge in [0.05, 0.1) is 0 Å². The average Bonchev–Trinajstić information content (AvgIpc) is 2.36. The summed E-state index contributed by atoms with van der Waals surface area (Å²) in [7, 11) is 0. The fourth-order valence-electron chi connectivity index (χ4n) is 1.23. The molecule has 0 radical (unpaired) electrons. The molecule has 0 unspecified atom stereocenters. The number of nitrogens with zero attached hydrogens (tertiary/aromatic N) is 1. The summed E-state index contributed by atoms with van der Waals surface area (Å²) in [4.78, 5) is 3.92. The van der Waals surface area contributed by atoms with Gasteiger partial charge in [-0.3, -0.25) is 0 Å². The molecule has 0 N–H and O–H groups in total. The van der Waals surface area contributed by atoms with Crippen LogP contribution in [0.1, 0.15) is 5.56 Å². The van der Waals surface area contributed by atoms with Crippen LogP contribution in [-0.4, -0.2) is 4.98 Å². The van der Waals surface area contributed by atoms with Gasteiger partial charge in [-0.25, -0.2) is 9.37 Å². The Kier molecular flexibility index (Phi) is 3.54. The van der Waals surface area contributed by atoms with E-state index in [-0.39, 0.29) is 11.6 Å². The van der Waals surface area contributed by atoms with Gasteiger partial charge in [0.1, 0.15) is 0 Å². The van der Waals surface area contributed by atoms with Crippen LogP contribution in [0.4, 0.5) is 8.78 Å². The normalized spacial score (nSPS) is 10.3.